The van der Waals surface area contributed by atoms with Crippen molar-refractivity contribution >= 4 is 11.9 Å². The maximum absolute atomic E-state index is 13.7. The third-order valence-corrected chi connectivity index (χ3v) is 9.65. The summed E-state index contributed by atoms with van der Waals surface area (Å²) >= 11 is 0. The number of amides is 1. The summed E-state index contributed by atoms with van der Waals surface area (Å²) in [6.45, 7) is 2.40. The summed E-state index contributed by atoms with van der Waals surface area (Å²) < 4.78 is 53.0. The van der Waals surface area contributed by atoms with Crippen molar-refractivity contribution in [3.63, 3.8) is 0 Å². The average molecular weight is 571 g/mol. The first kappa shape index (κ1) is 28.2. The van der Waals surface area contributed by atoms with Crippen LogP contribution < -0.4 is 0 Å². The molecule has 6 nitrogen and oxygen atoms in total. The molecule has 0 bridgehead atoms. The summed E-state index contributed by atoms with van der Waals surface area (Å²) in [5.41, 5.74) is 0.893. The molecule has 1 spiro atoms. The number of likely N-dealkylation sites (tertiary alicyclic amines) is 1. The summed E-state index contributed by atoms with van der Waals surface area (Å²) in [5.74, 6) is -1.99. The molecule has 2 aromatic carbocycles. The van der Waals surface area contributed by atoms with E-state index in [0.29, 0.717) is 45.3 Å². The maximum atomic E-state index is 13.7. The molecule has 2 heterocycles. The Balaban J connectivity index is 1.06. The number of rotatable bonds is 8. The molecule has 6 rings (SSSR count). The first-order chi connectivity index (χ1) is 19.7. The summed E-state index contributed by atoms with van der Waals surface area (Å²) in [4.78, 5) is 29.1. The molecule has 2 aromatic rings. The fourth-order valence-corrected chi connectivity index (χ4v) is 7.08. The summed E-state index contributed by atoms with van der Waals surface area (Å²) in [7, 11) is 0. The fraction of sp³-hybridized carbons (Fsp3) is 0.562. The predicted octanol–water partition coefficient (Wildman–Crippen LogP) is 5.47. The second-order valence-electron chi connectivity index (χ2n) is 12.4. The highest BCUT2D eigenvalue weighted by Gasteiger charge is 2.57. The van der Waals surface area contributed by atoms with Gasteiger partial charge in [0.05, 0.1) is 23.7 Å². The molecule has 9 heteroatoms. The molecule has 41 heavy (non-hydrogen) atoms. The highest BCUT2D eigenvalue weighted by Crippen LogP contribution is 2.50. The third-order valence-electron chi connectivity index (χ3n) is 9.65. The lowest BCUT2D eigenvalue weighted by Gasteiger charge is -2.46. The van der Waals surface area contributed by atoms with Crippen LogP contribution in [0.25, 0.3) is 0 Å². The number of carbonyl (C=O) groups is 2. The molecule has 4 fully saturated rings. The number of hydrogen-bond donors (Lipinski definition) is 0. The number of hydrogen-bond acceptors (Lipinski definition) is 5. The van der Waals surface area contributed by atoms with Gasteiger partial charge in [-0.2, -0.15) is 13.2 Å². The maximum Gasteiger partial charge on any atom is 0.471 e. The van der Waals surface area contributed by atoms with Crippen molar-refractivity contribution in [2.75, 3.05) is 26.2 Å². The van der Waals surface area contributed by atoms with E-state index in [2.05, 4.69) is 4.90 Å². The van der Waals surface area contributed by atoms with Crippen LogP contribution >= 0.6 is 0 Å². The zero-order valence-electron chi connectivity index (χ0n) is 23.2. The van der Waals surface area contributed by atoms with Crippen LogP contribution in [0.1, 0.15) is 62.0 Å². The molecule has 1 amide bonds. The Morgan fingerprint density at radius 2 is 1.63 bits per heavy atom. The molecular formula is C32H37F3N2O4. The normalized spacial score (nSPS) is 26.8. The molecule has 2 saturated carbocycles. The molecule has 3 atom stereocenters. The van der Waals surface area contributed by atoms with Crippen molar-refractivity contribution in [2.24, 2.45) is 5.41 Å². The van der Waals surface area contributed by atoms with Gasteiger partial charge in [-0.05, 0) is 49.7 Å². The molecule has 2 aliphatic carbocycles. The van der Waals surface area contributed by atoms with E-state index in [0.717, 1.165) is 35.3 Å². The number of esters is 1. The zero-order chi connectivity index (χ0) is 28.7. The topological polar surface area (TPSA) is 59.1 Å². The van der Waals surface area contributed by atoms with Gasteiger partial charge in [-0.25, -0.2) is 0 Å². The molecule has 220 valence electrons. The van der Waals surface area contributed by atoms with Gasteiger partial charge in [-0.3, -0.25) is 9.59 Å². The molecular weight excluding hydrogens is 533 g/mol. The Bertz CT molecular complexity index is 1230. The molecule has 4 aliphatic rings. The number of alkyl halides is 3. The average Bonchev–Trinajstić information content (AvgIpc) is 3.64. The van der Waals surface area contributed by atoms with Gasteiger partial charge in [0.2, 0.25) is 0 Å². The van der Waals surface area contributed by atoms with Gasteiger partial charge >= 0.3 is 18.1 Å². The quantitative estimate of drug-likeness (QED) is 0.394. The van der Waals surface area contributed by atoms with Crippen LogP contribution in [0.2, 0.25) is 0 Å². The number of benzene rings is 2. The van der Waals surface area contributed by atoms with E-state index < -0.39 is 35.2 Å². The SMILES string of the molecule is O=C(N(C1COC2(CCN(CC3(C(=O)OCc4ccccc4)CCC3)CC2)C1)[C@@H]1C[C@H]1c1ccccc1)C(F)(F)F. The highest BCUT2D eigenvalue weighted by atomic mass is 19.4. The van der Waals surface area contributed by atoms with E-state index in [1.54, 1.807) is 0 Å². The number of halogens is 3. The van der Waals surface area contributed by atoms with Gasteiger partial charge in [0, 0.05) is 31.6 Å². The van der Waals surface area contributed by atoms with Crippen LogP contribution in [0.5, 0.6) is 0 Å². The Morgan fingerprint density at radius 1 is 0.976 bits per heavy atom. The van der Waals surface area contributed by atoms with Crippen molar-refractivity contribution in [1.29, 1.82) is 0 Å². The van der Waals surface area contributed by atoms with Crippen molar-refractivity contribution in [2.45, 2.75) is 81.3 Å². The number of ether oxygens (including phenoxy) is 2. The van der Waals surface area contributed by atoms with Crippen LogP contribution in [0, 0.1) is 5.41 Å². The number of nitrogens with zero attached hydrogens (tertiary/aromatic N) is 2. The first-order valence-electron chi connectivity index (χ1n) is 14.7. The van der Waals surface area contributed by atoms with E-state index in [9.17, 15) is 22.8 Å². The van der Waals surface area contributed by atoms with Crippen LogP contribution in [0.4, 0.5) is 13.2 Å². The minimum absolute atomic E-state index is 0.0822. The molecule has 0 aromatic heterocycles. The molecule has 1 unspecified atom stereocenters. The smallest absolute Gasteiger partial charge is 0.460 e. The summed E-state index contributed by atoms with van der Waals surface area (Å²) in [6, 6.07) is 18.0. The lowest BCUT2D eigenvalue weighted by Crippen LogP contribution is -2.53. The molecule has 2 aliphatic heterocycles. The van der Waals surface area contributed by atoms with Gasteiger partial charge < -0.3 is 19.3 Å². The standard InChI is InChI=1S/C32H37F3N2O4/c33-32(34,35)28(38)37(27-18-26(27)24-10-5-2-6-11-24)25-19-31(41-21-25)14-16-36(17-15-31)22-30(12-7-13-30)29(39)40-20-23-8-3-1-4-9-23/h1-6,8-11,25-27H,7,12-22H2/t25?,26-,27+/m0/s1. The van der Waals surface area contributed by atoms with Crippen LogP contribution in [-0.4, -0.2) is 71.8 Å². The van der Waals surface area contributed by atoms with Crippen LogP contribution in [0.3, 0.4) is 0 Å². The zero-order valence-corrected chi connectivity index (χ0v) is 23.2. The van der Waals surface area contributed by atoms with E-state index in [-0.39, 0.29) is 25.1 Å². The van der Waals surface area contributed by atoms with Crippen molar-refractivity contribution in [3.8, 4) is 0 Å². The Morgan fingerprint density at radius 3 is 2.24 bits per heavy atom. The van der Waals surface area contributed by atoms with Crippen molar-refractivity contribution in [3.05, 3.63) is 71.8 Å². The summed E-state index contributed by atoms with van der Waals surface area (Å²) in [5, 5.41) is 0. The third kappa shape index (κ3) is 5.89. The van der Waals surface area contributed by atoms with Crippen LogP contribution in [0.15, 0.2) is 60.7 Å². The predicted molar refractivity (Wildman–Crippen MR) is 146 cm³/mol. The largest absolute Gasteiger partial charge is 0.471 e. The second kappa shape index (κ2) is 11.1. The minimum atomic E-state index is -4.92. The van der Waals surface area contributed by atoms with Gasteiger partial charge in [0.15, 0.2) is 0 Å². The number of carbonyl (C=O) groups excluding carboxylic acids is 2. The molecule has 0 N–H and O–H groups in total. The van der Waals surface area contributed by atoms with Gasteiger partial charge in [-0.1, -0.05) is 67.1 Å². The van der Waals surface area contributed by atoms with Crippen molar-refractivity contribution < 1.29 is 32.2 Å². The van der Waals surface area contributed by atoms with Gasteiger partial charge in [0.1, 0.15) is 6.61 Å². The Kier molecular flexibility index (Phi) is 7.61. The number of piperidine rings is 1. The second-order valence-corrected chi connectivity index (χ2v) is 12.4. The fourth-order valence-electron chi connectivity index (χ4n) is 7.08. The molecule has 2 saturated heterocycles. The van der Waals surface area contributed by atoms with E-state index in [1.165, 1.54) is 0 Å². The lowest BCUT2D eigenvalue weighted by molar-refractivity contribution is -0.188. The Hall–Kier alpha value is -2.91. The minimum Gasteiger partial charge on any atom is -0.460 e. The first-order valence-corrected chi connectivity index (χ1v) is 14.7. The van der Waals surface area contributed by atoms with Crippen molar-refractivity contribution in [1.82, 2.24) is 9.80 Å². The monoisotopic (exact) mass is 570 g/mol. The molecule has 0 radical (unpaired) electrons. The van der Waals surface area contributed by atoms with E-state index >= 15 is 0 Å². The van der Waals surface area contributed by atoms with Gasteiger partial charge in [-0.15, -0.1) is 0 Å². The van der Waals surface area contributed by atoms with Crippen LogP contribution in [-0.2, 0) is 25.7 Å². The van der Waals surface area contributed by atoms with E-state index in [4.69, 9.17) is 9.47 Å². The Labute approximate surface area is 238 Å². The van der Waals surface area contributed by atoms with Gasteiger partial charge in [0.25, 0.3) is 0 Å². The van der Waals surface area contributed by atoms with E-state index in [1.807, 2.05) is 60.7 Å². The highest BCUT2D eigenvalue weighted by molar-refractivity contribution is 5.83. The summed E-state index contributed by atoms with van der Waals surface area (Å²) in [6.07, 6.45) is -0.0412. The lowest BCUT2D eigenvalue weighted by atomic mass is 9.68.